The minimum absolute atomic E-state index is 0.0994. The average Bonchev–Trinajstić information content (AvgIpc) is 2.86. The molecule has 0 spiro atoms. The molecule has 3 aromatic carbocycles. The largest absolute Gasteiger partial charge is 0.497 e. The van der Waals surface area contributed by atoms with Crippen LogP contribution in [-0.2, 0) is 14.8 Å². The maximum absolute atomic E-state index is 13.4. The van der Waals surface area contributed by atoms with Crippen molar-refractivity contribution in [2.75, 3.05) is 31.1 Å². The molecule has 1 amide bonds. The van der Waals surface area contributed by atoms with Gasteiger partial charge in [0.15, 0.2) is 11.5 Å². The Morgan fingerprint density at radius 2 is 1.71 bits per heavy atom. The topological polar surface area (TPSA) is 94.2 Å². The van der Waals surface area contributed by atoms with Crippen molar-refractivity contribution in [3.63, 3.8) is 0 Å². The molecule has 0 saturated carbocycles. The smallest absolute Gasteiger partial charge is 0.264 e. The lowest BCUT2D eigenvalue weighted by Crippen LogP contribution is -2.45. The maximum atomic E-state index is 13.4. The second-order valence-electron chi connectivity index (χ2n) is 7.82. The molecule has 0 bridgehead atoms. The van der Waals surface area contributed by atoms with Gasteiger partial charge in [0.1, 0.15) is 25.0 Å². The van der Waals surface area contributed by atoms with Crippen molar-refractivity contribution >= 4 is 21.6 Å². The monoisotopic (exact) mass is 482 g/mol. The molecule has 0 saturated heterocycles. The highest BCUT2D eigenvalue weighted by Gasteiger charge is 2.28. The van der Waals surface area contributed by atoms with Gasteiger partial charge in [-0.1, -0.05) is 29.8 Å². The Bertz CT molecular complexity index is 1240. The number of aryl methyl sites for hydroxylation is 1. The summed E-state index contributed by atoms with van der Waals surface area (Å²) in [6.07, 6.45) is -0.387. The second kappa shape index (κ2) is 10.0. The lowest BCUT2D eigenvalue weighted by atomic mass is 10.2. The highest BCUT2D eigenvalue weighted by molar-refractivity contribution is 7.92. The minimum Gasteiger partial charge on any atom is -0.497 e. The summed E-state index contributed by atoms with van der Waals surface area (Å²) in [6, 6.07) is 20.3. The van der Waals surface area contributed by atoms with E-state index in [4.69, 9.17) is 14.2 Å². The van der Waals surface area contributed by atoms with Gasteiger partial charge in [-0.25, -0.2) is 8.42 Å². The Balaban J connectivity index is 1.49. The van der Waals surface area contributed by atoms with Crippen LogP contribution in [-0.4, -0.2) is 47.2 Å². The second-order valence-corrected chi connectivity index (χ2v) is 9.69. The van der Waals surface area contributed by atoms with Gasteiger partial charge in [-0.3, -0.25) is 9.10 Å². The van der Waals surface area contributed by atoms with Gasteiger partial charge >= 0.3 is 0 Å². The third-order valence-electron chi connectivity index (χ3n) is 5.35. The number of methoxy groups -OCH3 is 1. The number of rotatable bonds is 8. The van der Waals surface area contributed by atoms with Crippen LogP contribution in [0.25, 0.3) is 0 Å². The molecular formula is C25H26N2O6S. The van der Waals surface area contributed by atoms with Crippen molar-refractivity contribution in [3.05, 3.63) is 78.4 Å². The van der Waals surface area contributed by atoms with Crippen molar-refractivity contribution in [1.82, 2.24) is 5.32 Å². The minimum atomic E-state index is -3.99. The summed E-state index contributed by atoms with van der Waals surface area (Å²) in [5, 5.41) is 2.76. The third-order valence-corrected chi connectivity index (χ3v) is 7.14. The molecular weight excluding hydrogens is 456 g/mol. The summed E-state index contributed by atoms with van der Waals surface area (Å²) in [5.41, 5.74) is 1.28. The van der Waals surface area contributed by atoms with Crippen LogP contribution in [0.1, 0.15) is 5.56 Å². The predicted molar refractivity (Wildman–Crippen MR) is 128 cm³/mol. The van der Waals surface area contributed by atoms with Gasteiger partial charge in [0.2, 0.25) is 5.91 Å². The Morgan fingerprint density at radius 3 is 2.38 bits per heavy atom. The van der Waals surface area contributed by atoms with Crippen LogP contribution in [0.2, 0.25) is 0 Å². The highest BCUT2D eigenvalue weighted by atomic mass is 32.2. The number of carbonyl (C=O) groups excluding carboxylic acids is 1. The lowest BCUT2D eigenvalue weighted by Gasteiger charge is -2.27. The standard InChI is InChI=1S/C25H26N2O6S/c1-18-7-13-22(14-8-18)34(29,30)27(19-9-11-20(31-2)12-10-19)16-25(28)26-15-21-17-32-23-5-3-4-6-24(23)33-21/h3-14,21H,15-17H2,1-2H3,(H,26,28). The van der Waals surface area contributed by atoms with Crippen molar-refractivity contribution in [2.24, 2.45) is 0 Å². The van der Waals surface area contributed by atoms with Gasteiger partial charge < -0.3 is 19.5 Å². The molecule has 8 nitrogen and oxygen atoms in total. The van der Waals surface area contributed by atoms with Crippen molar-refractivity contribution in [2.45, 2.75) is 17.9 Å². The number of anilines is 1. The van der Waals surface area contributed by atoms with Crippen molar-refractivity contribution in [1.29, 1.82) is 0 Å². The molecule has 1 N–H and O–H groups in total. The zero-order chi connectivity index (χ0) is 24.1. The number of para-hydroxylation sites is 2. The quantitative estimate of drug-likeness (QED) is 0.530. The first-order valence-electron chi connectivity index (χ1n) is 10.8. The van der Waals surface area contributed by atoms with Crippen LogP contribution in [0.15, 0.2) is 77.7 Å². The fourth-order valence-electron chi connectivity index (χ4n) is 3.48. The van der Waals surface area contributed by atoms with Gasteiger partial charge in [-0.15, -0.1) is 0 Å². The molecule has 0 aliphatic carbocycles. The number of hydrogen-bond acceptors (Lipinski definition) is 6. The summed E-state index contributed by atoms with van der Waals surface area (Å²) < 4.78 is 44.7. The summed E-state index contributed by atoms with van der Waals surface area (Å²) >= 11 is 0. The fraction of sp³-hybridized carbons (Fsp3) is 0.240. The number of fused-ring (bicyclic) bond motifs is 1. The molecule has 1 unspecified atom stereocenters. The van der Waals surface area contributed by atoms with Crippen LogP contribution < -0.4 is 23.8 Å². The molecule has 3 aromatic rings. The molecule has 0 aromatic heterocycles. The van der Waals surface area contributed by atoms with E-state index < -0.39 is 22.5 Å². The van der Waals surface area contributed by atoms with Gasteiger partial charge in [-0.05, 0) is 55.5 Å². The van der Waals surface area contributed by atoms with E-state index in [2.05, 4.69) is 5.32 Å². The summed E-state index contributed by atoms with van der Waals surface area (Å²) in [4.78, 5) is 12.9. The SMILES string of the molecule is COc1ccc(N(CC(=O)NCC2COc3ccccc3O2)S(=O)(=O)c2ccc(C)cc2)cc1. The molecule has 1 heterocycles. The Hall–Kier alpha value is -3.72. The first-order chi connectivity index (χ1) is 16.4. The number of carbonyl (C=O) groups is 1. The Morgan fingerprint density at radius 1 is 1.03 bits per heavy atom. The van der Waals surface area contributed by atoms with E-state index in [0.29, 0.717) is 22.9 Å². The molecule has 0 radical (unpaired) electrons. The molecule has 4 rings (SSSR count). The van der Waals surface area contributed by atoms with Crippen LogP contribution in [0, 0.1) is 6.92 Å². The number of amides is 1. The zero-order valence-corrected chi connectivity index (χ0v) is 19.7. The van der Waals surface area contributed by atoms with Crippen LogP contribution in [0.3, 0.4) is 0 Å². The summed E-state index contributed by atoms with van der Waals surface area (Å²) in [6.45, 7) is 1.93. The van der Waals surface area contributed by atoms with Crippen molar-refractivity contribution < 1.29 is 27.4 Å². The predicted octanol–water partition coefficient (Wildman–Crippen LogP) is 3.16. The average molecular weight is 483 g/mol. The van der Waals surface area contributed by atoms with E-state index in [1.165, 1.54) is 19.2 Å². The molecule has 9 heteroatoms. The van der Waals surface area contributed by atoms with Gasteiger partial charge in [0.05, 0.1) is 24.2 Å². The van der Waals surface area contributed by atoms with E-state index in [1.54, 1.807) is 42.5 Å². The molecule has 0 fully saturated rings. The van der Waals surface area contributed by atoms with Crippen LogP contribution in [0.4, 0.5) is 5.69 Å². The fourth-order valence-corrected chi connectivity index (χ4v) is 4.90. The van der Waals surface area contributed by atoms with E-state index >= 15 is 0 Å². The lowest BCUT2D eigenvalue weighted by molar-refractivity contribution is -0.120. The van der Waals surface area contributed by atoms with Crippen LogP contribution >= 0.6 is 0 Å². The first kappa shape index (κ1) is 23.4. The zero-order valence-electron chi connectivity index (χ0n) is 18.9. The first-order valence-corrected chi connectivity index (χ1v) is 12.2. The van der Waals surface area contributed by atoms with Gasteiger partial charge in [0.25, 0.3) is 10.0 Å². The summed E-state index contributed by atoms with van der Waals surface area (Å²) in [5.74, 6) is 1.37. The Labute approximate surface area is 199 Å². The molecule has 178 valence electrons. The van der Waals surface area contributed by atoms with Gasteiger partial charge in [-0.2, -0.15) is 0 Å². The highest BCUT2D eigenvalue weighted by Crippen LogP contribution is 2.30. The molecule has 1 atom stereocenters. The number of nitrogens with zero attached hydrogens (tertiary/aromatic N) is 1. The van der Waals surface area contributed by atoms with Gasteiger partial charge in [0, 0.05) is 0 Å². The number of benzene rings is 3. The molecule has 1 aliphatic heterocycles. The number of nitrogens with one attached hydrogen (secondary N) is 1. The normalized spacial score (nSPS) is 14.8. The molecule has 1 aliphatic rings. The van der Waals surface area contributed by atoms with E-state index in [9.17, 15) is 13.2 Å². The maximum Gasteiger partial charge on any atom is 0.264 e. The van der Waals surface area contributed by atoms with Crippen molar-refractivity contribution in [3.8, 4) is 17.2 Å². The molecule has 34 heavy (non-hydrogen) atoms. The van der Waals surface area contributed by atoms with E-state index in [1.807, 2.05) is 25.1 Å². The number of ether oxygens (including phenoxy) is 3. The number of hydrogen-bond donors (Lipinski definition) is 1. The summed E-state index contributed by atoms with van der Waals surface area (Å²) in [7, 11) is -2.47. The van der Waals surface area contributed by atoms with E-state index in [-0.39, 0.29) is 24.2 Å². The van der Waals surface area contributed by atoms with E-state index in [0.717, 1.165) is 9.87 Å². The Kier molecular flexibility index (Phi) is 6.93. The number of sulfonamides is 1. The van der Waals surface area contributed by atoms with Crippen LogP contribution in [0.5, 0.6) is 17.2 Å². The third kappa shape index (κ3) is 5.26.